The van der Waals surface area contributed by atoms with E-state index >= 15 is 0 Å². The highest BCUT2D eigenvalue weighted by Gasteiger charge is 2.27. The zero-order chi connectivity index (χ0) is 20.4. The lowest BCUT2D eigenvalue weighted by molar-refractivity contribution is -0.127. The summed E-state index contributed by atoms with van der Waals surface area (Å²) in [6.07, 6.45) is 1.28. The maximum absolute atomic E-state index is 13.6. The van der Waals surface area contributed by atoms with Gasteiger partial charge in [-0.1, -0.05) is 36.4 Å². The lowest BCUT2D eigenvalue weighted by atomic mass is 10.0. The number of hydrogen-bond donors (Lipinski definition) is 1. The topological polar surface area (TPSA) is 83.7 Å². The second-order valence-electron chi connectivity index (χ2n) is 7.07. The summed E-state index contributed by atoms with van der Waals surface area (Å²) in [6, 6.07) is 19.9. The van der Waals surface area contributed by atoms with E-state index in [1.165, 1.54) is 0 Å². The van der Waals surface area contributed by atoms with Gasteiger partial charge >= 0.3 is 0 Å². The minimum absolute atomic E-state index is 0.0366. The van der Waals surface area contributed by atoms with Crippen molar-refractivity contribution in [3.8, 4) is 0 Å². The fraction of sp³-hybridized carbons (Fsp3) is 0.174. The molecule has 6 heteroatoms. The molecule has 29 heavy (non-hydrogen) atoms. The van der Waals surface area contributed by atoms with Gasteiger partial charge in [-0.15, -0.1) is 0 Å². The van der Waals surface area contributed by atoms with Crippen LogP contribution in [0.2, 0.25) is 0 Å². The Morgan fingerprint density at radius 1 is 0.966 bits per heavy atom. The Hall–Kier alpha value is -3.67. The molecule has 6 nitrogen and oxygen atoms in total. The summed E-state index contributed by atoms with van der Waals surface area (Å²) in [5.74, 6) is -0.694. The molecule has 0 saturated carbocycles. The number of hydrogen-bond acceptors (Lipinski definition) is 3. The van der Waals surface area contributed by atoms with E-state index in [-0.39, 0.29) is 18.5 Å². The number of nitrogens with zero attached hydrogens (tertiary/aromatic N) is 2. The van der Waals surface area contributed by atoms with Gasteiger partial charge < -0.3 is 10.6 Å². The highest BCUT2D eigenvalue weighted by molar-refractivity contribution is 6.14. The predicted octanol–water partition coefficient (Wildman–Crippen LogP) is 3.17. The molecule has 0 aliphatic carbocycles. The van der Waals surface area contributed by atoms with Crippen molar-refractivity contribution in [3.05, 3.63) is 77.9 Å². The van der Waals surface area contributed by atoms with Crippen LogP contribution in [0.15, 0.2) is 66.7 Å². The van der Waals surface area contributed by atoms with Crippen molar-refractivity contribution in [1.29, 1.82) is 0 Å². The summed E-state index contributed by atoms with van der Waals surface area (Å²) in [4.78, 5) is 40.4. The highest BCUT2D eigenvalue weighted by atomic mass is 16.2. The molecule has 0 spiro atoms. The van der Waals surface area contributed by atoms with Crippen LogP contribution in [0.25, 0.3) is 10.8 Å². The van der Waals surface area contributed by atoms with Crippen LogP contribution in [0.5, 0.6) is 0 Å². The van der Waals surface area contributed by atoms with Crippen LogP contribution in [0.3, 0.4) is 0 Å². The van der Waals surface area contributed by atoms with E-state index in [1.807, 2.05) is 36.4 Å². The Labute approximate surface area is 168 Å². The van der Waals surface area contributed by atoms with Gasteiger partial charge in [-0.25, -0.2) is 0 Å². The van der Waals surface area contributed by atoms with Crippen LogP contribution in [0, 0.1) is 0 Å². The minimum Gasteiger partial charge on any atom is -0.366 e. The predicted molar refractivity (Wildman–Crippen MR) is 112 cm³/mol. The average molecular weight is 387 g/mol. The van der Waals surface area contributed by atoms with Crippen molar-refractivity contribution in [1.82, 2.24) is 4.90 Å². The van der Waals surface area contributed by atoms with Gasteiger partial charge in [0.2, 0.25) is 11.8 Å². The third-order valence-electron chi connectivity index (χ3n) is 5.21. The number of anilines is 1. The minimum atomic E-state index is -0.529. The van der Waals surface area contributed by atoms with Crippen molar-refractivity contribution in [2.75, 3.05) is 18.1 Å². The second-order valence-corrected chi connectivity index (χ2v) is 7.07. The first-order chi connectivity index (χ1) is 14.0. The van der Waals surface area contributed by atoms with Crippen molar-refractivity contribution in [2.24, 2.45) is 5.73 Å². The molecule has 1 heterocycles. The molecule has 0 radical (unpaired) electrons. The summed E-state index contributed by atoms with van der Waals surface area (Å²) in [5, 5.41) is 1.83. The van der Waals surface area contributed by atoms with Crippen molar-refractivity contribution in [3.63, 3.8) is 0 Å². The lowest BCUT2D eigenvalue weighted by Gasteiger charge is -2.28. The van der Waals surface area contributed by atoms with E-state index in [9.17, 15) is 14.4 Å². The Balaban J connectivity index is 1.75. The van der Waals surface area contributed by atoms with Crippen LogP contribution in [0.1, 0.15) is 33.6 Å². The van der Waals surface area contributed by atoms with Gasteiger partial charge in [0, 0.05) is 29.8 Å². The van der Waals surface area contributed by atoms with E-state index in [4.69, 9.17) is 5.73 Å². The Kier molecular flexibility index (Phi) is 4.99. The maximum atomic E-state index is 13.6. The number of likely N-dealkylation sites (tertiary alicyclic amines) is 1. The molecule has 2 N–H and O–H groups in total. The Bertz CT molecular complexity index is 1090. The highest BCUT2D eigenvalue weighted by Crippen LogP contribution is 2.25. The van der Waals surface area contributed by atoms with Gasteiger partial charge in [-0.3, -0.25) is 19.3 Å². The van der Waals surface area contributed by atoms with E-state index in [0.717, 1.165) is 17.2 Å². The van der Waals surface area contributed by atoms with Crippen LogP contribution < -0.4 is 10.6 Å². The SMILES string of the molecule is NC(=O)c1ccc(N(CN2CCCC2=O)C(=O)c2cccc3ccccc23)cc1. The summed E-state index contributed by atoms with van der Waals surface area (Å²) in [5.41, 5.74) is 6.86. The van der Waals surface area contributed by atoms with Gasteiger partial charge in [0.1, 0.15) is 6.67 Å². The van der Waals surface area contributed by atoms with Crippen molar-refractivity contribution >= 4 is 34.2 Å². The van der Waals surface area contributed by atoms with Crippen molar-refractivity contribution < 1.29 is 14.4 Å². The van der Waals surface area contributed by atoms with E-state index in [0.29, 0.717) is 29.8 Å². The Morgan fingerprint density at radius 2 is 1.69 bits per heavy atom. The standard InChI is InChI=1S/C23H21N3O3/c24-22(28)17-10-12-18(13-11-17)26(15-25-14-4-9-21(25)27)23(29)20-8-3-6-16-5-1-2-7-19(16)20/h1-3,5-8,10-13H,4,9,14-15H2,(H2,24,28). The fourth-order valence-electron chi connectivity index (χ4n) is 3.65. The molecule has 3 amide bonds. The van der Waals surface area contributed by atoms with Crippen LogP contribution in [0.4, 0.5) is 5.69 Å². The maximum Gasteiger partial charge on any atom is 0.260 e. The summed E-state index contributed by atoms with van der Waals surface area (Å²) < 4.78 is 0. The van der Waals surface area contributed by atoms with Crippen molar-refractivity contribution in [2.45, 2.75) is 12.8 Å². The number of nitrogens with two attached hydrogens (primary N) is 1. The van der Waals surface area contributed by atoms with Crippen LogP contribution >= 0.6 is 0 Å². The summed E-state index contributed by atoms with van der Waals surface area (Å²) >= 11 is 0. The number of fused-ring (bicyclic) bond motifs is 1. The molecule has 3 aromatic rings. The monoisotopic (exact) mass is 387 g/mol. The molecule has 3 aromatic carbocycles. The average Bonchev–Trinajstić information content (AvgIpc) is 3.15. The number of rotatable bonds is 5. The molecule has 4 rings (SSSR count). The normalized spacial score (nSPS) is 13.7. The number of carbonyl (C=O) groups is 3. The van der Waals surface area contributed by atoms with Crippen LogP contribution in [-0.2, 0) is 4.79 Å². The molecule has 1 aliphatic rings. The summed E-state index contributed by atoms with van der Waals surface area (Å²) in [6.45, 7) is 0.786. The fourth-order valence-corrected chi connectivity index (χ4v) is 3.65. The van der Waals surface area contributed by atoms with E-state index < -0.39 is 5.91 Å². The van der Waals surface area contributed by atoms with Gasteiger partial charge in [-0.05, 0) is 47.5 Å². The zero-order valence-electron chi connectivity index (χ0n) is 15.9. The van der Waals surface area contributed by atoms with E-state index in [2.05, 4.69) is 0 Å². The largest absolute Gasteiger partial charge is 0.366 e. The third kappa shape index (κ3) is 3.69. The number of benzene rings is 3. The molecular formula is C23H21N3O3. The summed E-state index contributed by atoms with van der Waals surface area (Å²) in [7, 11) is 0. The molecule has 1 fully saturated rings. The molecule has 1 aliphatic heterocycles. The number of carbonyl (C=O) groups excluding carboxylic acids is 3. The molecule has 0 aromatic heterocycles. The molecular weight excluding hydrogens is 366 g/mol. The van der Waals surface area contributed by atoms with Gasteiger partial charge in [-0.2, -0.15) is 0 Å². The number of primary amides is 1. The first kappa shape index (κ1) is 18.7. The Morgan fingerprint density at radius 3 is 2.38 bits per heavy atom. The van der Waals surface area contributed by atoms with Crippen LogP contribution in [-0.4, -0.2) is 35.8 Å². The quantitative estimate of drug-likeness (QED) is 0.730. The molecule has 0 bridgehead atoms. The van der Waals surface area contributed by atoms with Gasteiger partial charge in [0.15, 0.2) is 0 Å². The third-order valence-corrected chi connectivity index (χ3v) is 5.21. The lowest BCUT2D eigenvalue weighted by Crippen LogP contribution is -2.42. The zero-order valence-corrected chi connectivity index (χ0v) is 15.9. The van der Waals surface area contributed by atoms with Gasteiger partial charge in [0.05, 0.1) is 0 Å². The first-order valence-corrected chi connectivity index (χ1v) is 9.52. The number of amides is 3. The van der Waals surface area contributed by atoms with Gasteiger partial charge in [0.25, 0.3) is 5.91 Å². The molecule has 0 atom stereocenters. The smallest absolute Gasteiger partial charge is 0.260 e. The van der Waals surface area contributed by atoms with E-state index in [1.54, 1.807) is 40.1 Å². The molecule has 146 valence electrons. The molecule has 0 unspecified atom stereocenters. The first-order valence-electron chi connectivity index (χ1n) is 9.52. The second kappa shape index (κ2) is 7.75. The molecule has 1 saturated heterocycles.